The van der Waals surface area contributed by atoms with Gasteiger partial charge in [-0.2, -0.15) is 13.2 Å². The average molecular weight is 339 g/mol. The SMILES string of the molecule is O=c1[nH]c(I)c(C(F)(F)F)c2ccccc12. The number of benzene rings is 1. The Kier molecular flexibility index (Phi) is 2.69. The van der Waals surface area contributed by atoms with E-state index in [4.69, 9.17) is 0 Å². The van der Waals surface area contributed by atoms with Gasteiger partial charge in [0.25, 0.3) is 5.56 Å². The van der Waals surface area contributed by atoms with E-state index in [1.165, 1.54) is 46.9 Å². The molecule has 1 N–H and O–H groups in total. The van der Waals surface area contributed by atoms with Gasteiger partial charge in [0.2, 0.25) is 0 Å². The Morgan fingerprint density at radius 3 is 2.25 bits per heavy atom. The maximum absolute atomic E-state index is 12.8. The molecule has 0 saturated carbocycles. The van der Waals surface area contributed by atoms with Gasteiger partial charge in [0, 0.05) is 10.8 Å². The van der Waals surface area contributed by atoms with Gasteiger partial charge in [0.1, 0.15) is 0 Å². The minimum absolute atomic E-state index is 0.0511. The van der Waals surface area contributed by atoms with E-state index in [2.05, 4.69) is 4.98 Å². The molecule has 0 aliphatic heterocycles. The zero-order valence-electron chi connectivity index (χ0n) is 7.73. The summed E-state index contributed by atoms with van der Waals surface area (Å²) in [5.74, 6) is 0. The van der Waals surface area contributed by atoms with Gasteiger partial charge in [0.05, 0.1) is 9.26 Å². The van der Waals surface area contributed by atoms with Gasteiger partial charge in [-0.1, -0.05) is 18.2 Å². The van der Waals surface area contributed by atoms with Crippen molar-refractivity contribution in [1.29, 1.82) is 0 Å². The second kappa shape index (κ2) is 3.76. The molecule has 0 atom stereocenters. The first-order valence-corrected chi connectivity index (χ1v) is 5.37. The highest BCUT2D eigenvalue weighted by Gasteiger charge is 2.35. The van der Waals surface area contributed by atoms with E-state index < -0.39 is 17.3 Å². The Balaban J connectivity index is 2.99. The van der Waals surface area contributed by atoms with Crippen LogP contribution in [0.5, 0.6) is 0 Å². The number of hydrogen-bond donors (Lipinski definition) is 1. The number of aromatic nitrogens is 1. The van der Waals surface area contributed by atoms with Crippen LogP contribution in [-0.4, -0.2) is 4.98 Å². The predicted molar refractivity (Wildman–Crippen MR) is 62.3 cm³/mol. The Labute approximate surface area is 102 Å². The monoisotopic (exact) mass is 339 g/mol. The molecule has 0 saturated heterocycles. The number of fused-ring (bicyclic) bond motifs is 1. The normalized spacial score (nSPS) is 12.0. The van der Waals surface area contributed by atoms with Crippen LogP contribution < -0.4 is 5.56 Å². The predicted octanol–water partition coefficient (Wildman–Crippen LogP) is 3.15. The second-order valence-electron chi connectivity index (χ2n) is 3.19. The van der Waals surface area contributed by atoms with Gasteiger partial charge in [-0.05, 0) is 28.7 Å². The Hall–Kier alpha value is -1.05. The summed E-state index contributed by atoms with van der Waals surface area (Å²) in [6.07, 6.45) is -4.47. The van der Waals surface area contributed by atoms with E-state index in [9.17, 15) is 18.0 Å². The summed E-state index contributed by atoms with van der Waals surface area (Å²) >= 11 is 1.48. The number of H-pyrrole nitrogens is 1. The van der Waals surface area contributed by atoms with Crippen molar-refractivity contribution in [2.45, 2.75) is 6.18 Å². The van der Waals surface area contributed by atoms with Crippen LogP contribution in [0.15, 0.2) is 29.1 Å². The fourth-order valence-electron chi connectivity index (χ4n) is 1.52. The van der Waals surface area contributed by atoms with Crippen molar-refractivity contribution >= 4 is 33.4 Å². The van der Waals surface area contributed by atoms with E-state index in [1.54, 1.807) is 0 Å². The smallest absolute Gasteiger partial charge is 0.316 e. The lowest BCUT2D eigenvalue weighted by atomic mass is 10.1. The van der Waals surface area contributed by atoms with Crippen LogP contribution in [0.4, 0.5) is 13.2 Å². The third-order valence-corrected chi connectivity index (χ3v) is 2.98. The van der Waals surface area contributed by atoms with Gasteiger partial charge in [-0.25, -0.2) is 0 Å². The number of hydrogen-bond acceptors (Lipinski definition) is 1. The van der Waals surface area contributed by atoms with E-state index in [1.807, 2.05) is 0 Å². The highest BCUT2D eigenvalue weighted by molar-refractivity contribution is 14.1. The topological polar surface area (TPSA) is 32.9 Å². The van der Waals surface area contributed by atoms with Gasteiger partial charge in [0.15, 0.2) is 0 Å². The van der Waals surface area contributed by atoms with Gasteiger partial charge in [-0.3, -0.25) is 4.79 Å². The van der Waals surface area contributed by atoms with Crippen LogP contribution in [0.1, 0.15) is 5.56 Å². The molecule has 2 nitrogen and oxygen atoms in total. The van der Waals surface area contributed by atoms with Crippen molar-refractivity contribution < 1.29 is 13.2 Å². The number of aromatic amines is 1. The summed E-state index contributed by atoms with van der Waals surface area (Å²) in [5.41, 5.74) is -1.30. The molecule has 1 heterocycles. The molecule has 0 unspecified atom stereocenters. The Morgan fingerprint density at radius 1 is 1.12 bits per heavy atom. The molecule has 1 aromatic carbocycles. The third-order valence-electron chi connectivity index (χ3n) is 2.17. The maximum Gasteiger partial charge on any atom is 0.419 e. The molecule has 16 heavy (non-hydrogen) atoms. The molecule has 2 aromatic rings. The van der Waals surface area contributed by atoms with E-state index in [-0.39, 0.29) is 14.5 Å². The summed E-state index contributed by atoms with van der Waals surface area (Å²) in [7, 11) is 0. The maximum atomic E-state index is 12.8. The summed E-state index contributed by atoms with van der Waals surface area (Å²) in [4.78, 5) is 13.7. The quantitative estimate of drug-likeness (QED) is 0.581. The number of halogens is 4. The van der Waals surface area contributed by atoms with Crippen LogP contribution in [-0.2, 0) is 6.18 Å². The van der Waals surface area contributed by atoms with Crippen LogP contribution in [0, 0.1) is 3.70 Å². The molecule has 0 bridgehead atoms. The summed E-state index contributed by atoms with van der Waals surface area (Å²) in [6, 6.07) is 5.69. The van der Waals surface area contributed by atoms with Crippen LogP contribution in [0.2, 0.25) is 0 Å². The standard InChI is InChI=1S/C10H5F3INO/c11-10(12,13)7-5-3-1-2-4-6(5)9(16)15-8(7)14/h1-4H,(H,15,16). The van der Waals surface area contributed by atoms with Crippen molar-refractivity contribution in [2.75, 3.05) is 0 Å². The first-order valence-electron chi connectivity index (χ1n) is 4.29. The molecular weight excluding hydrogens is 334 g/mol. The van der Waals surface area contributed by atoms with Crippen molar-refractivity contribution in [3.63, 3.8) is 0 Å². The minimum Gasteiger partial charge on any atom is -0.316 e. The molecule has 0 spiro atoms. The molecule has 6 heteroatoms. The fraction of sp³-hybridized carbons (Fsp3) is 0.100. The van der Waals surface area contributed by atoms with Crippen LogP contribution in [0.3, 0.4) is 0 Å². The molecule has 84 valence electrons. The van der Waals surface area contributed by atoms with Crippen molar-refractivity contribution in [3.8, 4) is 0 Å². The highest BCUT2D eigenvalue weighted by Crippen LogP contribution is 2.35. The molecular formula is C10H5F3INO. The molecule has 0 amide bonds. The first kappa shape index (κ1) is 11.4. The van der Waals surface area contributed by atoms with Crippen LogP contribution >= 0.6 is 22.6 Å². The van der Waals surface area contributed by atoms with Gasteiger partial charge < -0.3 is 4.98 Å². The lowest BCUT2D eigenvalue weighted by Crippen LogP contribution is -2.16. The Bertz CT molecular complexity index is 603. The fourth-order valence-corrected chi connectivity index (χ4v) is 2.37. The number of nitrogens with one attached hydrogen (secondary N) is 1. The van der Waals surface area contributed by atoms with Crippen LogP contribution in [0.25, 0.3) is 10.8 Å². The van der Waals surface area contributed by atoms with Crippen molar-refractivity contribution in [1.82, 2.24) is 4.98 Å². The number of alkyl halides is 3. The Morgan fingerprint density at radius 2 is 1.69 bits per heavy atom. The third kappa shape index (κ3) is 1.81. The zero-order chi connectivity index (χ0) is 11.9. The molecule has 0 fully saturated rings. The summed E-state index contributed by atoms with van der Waals surface area (Å²) in [6.45, 7) is 0. The lowest BCUT2D eigenvalue weighted by Gasteiger charge is -2.11. The number of pyridine rings is 1. The molecule has 0 aliphatic rings. The van der Waals surface area contributed by atoms with Gasteiger partial charge in [-0.15, -0.1) is 0 Å². The zero-order valence-corrected chi connectivity index (χ0v) is 9.89. The second-order valence-corrected chi connectivity index (χ2v) is 4.27. The molecule has 0 aliphatic carbocycles. The van der Waals surface area contributed by atoms with Crippen molar-refractivity contribution in [3.05, 3.63) is 43.9 Å². The number of rotatable bonds is 0. The molecule has 0 radical (unpaired) electrons. The van der Waals surface area contributed by atoms with E-state index >= 15 is 0 Å². The minimum atomic E-state index is -4.47. The highest BCUT2D eigenvalue weighted by atomic mass is 127. The van der Waals surface area contributed by atoms with Gasteiger partial charge >= 0.3 is 6.18 Å². The molecule has 2 rings (SSSR count). The van der Waals surface area contributed by atoms with Crippen molar-refractivity contribution in [2.24, 2.45) is 0 Å². The summed E-state index contributed by atoms with van der Waals surface area (Å²) < 4.78 is 38.2. The molecule has 1 aromatic heterocycles. The first-order chi connectivity index (χ1) is 7.41. The lowest BCUT2D eigenvalue weighted by molar-refractivity contribution is -0.137. The van der Waals surface area contributed by atoms with E-state index in [0.29, 0.717) is 0 Å². The average Bonchev–Trinajstić information content (AvgIpc) is 2.15. The largest absolute Gasteiger partial charge is 0.419 e. The summed E-state index contributed by atoms with van der Waals surface area (Å²) in [5, 5.41) is -0.0154. The van der Waals surface area contributed by atoms with E-state index in [0.717, 1.165) is 0 Å².